The van der Waals surface area contributed by atoms with Crippen molar-refractivity contribution >= 4 is 34.9 Å². The molecule has 6 aliphatic rings. The van der Waals surface area contributed by atoms with E-state index in [-0.39, 0.29) is 49.5 Å². The molecule has 2 amide bonds. The molecule has 4 bridgehead atoms. The number of alkyl halides is 6. The highest BCUT2D eigenvalue weighted by atomic mass is 19.4. The summed E-state index contributed by atoms with van der Waals surface area (Å²) < 4.78 is 85.4. The summed E-state index contributed by atoms with van der Waals surface area (Å²) in [6.07, 6.45) is -3.09. The fourth-order valence-electron chi connectivity index (χ4n) is 10.1. The van der Waals surface area contributed by atoms with Crippen LogP contribution in [0.1, 0.15) is 81.0 Å². The van der Waals surface area contributed by atoms with Gasteiger partial charge in [0, 0.05) is 61.1 Å². The maximum atomic E-state index is 14.7. The monoisotopic (exact) mass is 741 g/mol. The minimum absolute atomic E-state index is 0.0373. The van der Waals surface area contributed by atoms with E-state index in [1.165, 1.54) is 12.5 Å². The number of aromatic nitrogens is 4. The zero-order valence-electron chi connectivity index (χ0n) is 29.0. The van der Waals surface area contributed by atoms with Crippen LogP contribution in [0.2, 0.25) is 0 Å². The standard InChI is InChI=1S/C37H41F6N9O/c38-36(39,40)23-3-1-2-20(13-23)27-5-7-30-34(48-27)52(35(53)49-32-8-10-44-19-45-32)26-16-31(51(30)18-26)22-12-21(14-24(15-22)37(41,42)43)28-4-6-29-33(47-28)46-25-9-11-50(29)17-25/h4-8,10,19-26,31H,1-3,9,11-18H2,(H,46,47)(H,44,45,49,53)/t20?,21?,22?,23?,24?,25-,26-,31?/m0/s1. The predicted octanol–water partition coefficient (Wildman–Crippen LogP) is 7.87. The van der Waals surface area contributed by atoms with E-state index in [0.29, 0.717) is 55.1 Å². The van der Waals surface area contributed by atoms with Crippen LogP contribution < -0.4 is 25.3 Å². The van der Waals surface area contributed by atoms with Crippen molar-refractivity contribution in [2.24, 2.45) is 17.8 Å². The minimum atomic E-state index is -4.39. The van der Waals surface area contributed by atoms with Gasteiger partial charge in [0.1, 0.15) is 18.0 Å². The lowest BCUT2D eigenvalue weighted by Crippen LogP contribution is -2.49. The molecule has 4 aliphatic heterocycles. The summed E-state index contributed by atoms with van der Waals surface area (Å²) in [5.74, 6) is -2.82. The number of pyridine rings is 2. The molecular weight excluding hydrogens is 700 g/mol. The van der Waals surface area contributed by atoms with Gasteiger partial charge in [0.15, 0.2) is 5.82 Å². The molecule has 53 heavy (non-hydrogen) atoms. The lowest BCUT2D eigenvalue weighted by atomic mass is 9.70. The Bertz CT molecular complexity index is 1860. The Labute approximate surface area is 302 Å². The second-order valence-corrected chi connectivity index (χ2v) is 15.8. The Morgan fingerprint density at radius 2 is 1.58 bits per heavy atom. The third-order valence-electron chi connectivity index (χ3n) is 12.6. The fourth-order valence-corrected chi connectivity index (χ4v) is 10.1. The second kappa shape index (κ2) is 12.9. The average Bonchev–Trinajstić information content (AvgIpc) is 3.72. The molecule has 7 heterocycles. The van der Waals surface area contributed by atoms with Crippen LogP contribution in [0.3, 0.4) is 0 Å². The van der Waals surface area contributed by atoms with E-state index in [9.17, 15) is 31.1 Å². The number of nitrogens with zero attached hydrogens (tertiary/aromatic N) is 7. The van der Waals surface area contributed by atoms with Crippen molar-refractivity contribution < 1.29 is 31.1 Å². The van der Waals surface area contributed by atoms with E-state index >= 15 is 0 Å². The van der Waals surface area contributed by atoms with E-state index < -0.39 is 48.1 Å². The highest BCUT2D eigenvalue weighted by molar-refractivity contribution is 6.04. The average molecular weight is 742 g/mol. The SMILES string of the molecule is O=C(Nc1ccncn1)N1c2nc(C3CCCC(C(F)(F)F)C3)ccc2N2C[C@@H]1CC2C1CC(c2ccc3c(n2)N[C@H]2CCN3C2)CC(C(F)(F)F)C1. The molecule has 0 spiro atoms. The number of nitrogens with one attached hydrogen (secondary N) is 2. The molecule has 3 aromatic heterocycles. The summed E-state index contributed by atoms with van der Waals surface area (Å²) >= 11 is 0. The molecule has 6 unspecified atom stereocenters. The molecule has 2 aliphatic carbocycles. The quantitative estimate of drug-likeness (QED) is 0.261. The molecule has 282 valence electrons. The molecule has 9 rings (SSSR count). The normalized spacial score (nSPS) is 30.8. The third-order valence-corrected chi connectivity index (χ3v) is 12.6. The van der Waals surface area contributed by atoms with Crippen LogP contribution in [0.5, 0.6) is 0 Å². The number of hydrogen-bond acceptors (Lipinski definition) is 8. The molecule has 4 fully saturated rings. The number of fused-ring (bicyclic) bond motifs is 8. The van der Waals surface area contributed by atoms with Crippen LogP contribution >= 0.6 is 0 Å². The molecule has 3 aromatic rings. The zero-order chi connectivity index (χ0) is 36.6. The minimum Gasteiger partial charge on any atom is -0.366 e. The lowest BCUT2D eigenvalue weighted by molar-refractivity contribution is -0.188. The fraction of sp³-hybridized carbons (Fsp3) is 0.595. The topological polar surface area (TPSA) is 102 Å². The number of urea groups is 1. The van der Waals surface area contributed by atoms with Crippen molar-refractivity contribution in [3.63, 3.8) is 0 Å². The Morgan fingerprint density at radius 1 is 0.811 bits per heavy atom. The smallest absolute Gasteiger partial charge is 0.366 e. The third kappa shape index (κ3) is 6.38. The molecule has 2 saturated heterocycles. The van der Waals surface area contributed by atoms with Gasteiger partial charge in [-0.1, -0.05) is 6.42 Å². The van der Waals surface area contributed by atoms with Crippen molar-refractivity contribution in [1.29, 1.82) is 0 Å². The van der Waals surface area contributed by atoms with Crippen LogP contribution in [-0.4, -0.2) is 76.1 Å². The molecule has 0 aromatic carbocycles. The molecule has 8 atom stereocenters. The van der Waals surface area contributed by atoms with Gasteiger partial charge < -0.3 is 15.1 Å². The maximum absolute atomic E-state index is 14.7. The van der Waals surface area contributed by atoms with Crippen molar-refractivity contribution in [3.8, 4) is 0 Å². The van der Waals surface area contributed by atoms with E-state index in [0.717, 1.165) is 31.0 Å². The van der Waals surface area contributed by atoms with Gasteiger partial charge in [0.25, 0.3) is 0 Å². The molecule has 2 N–H and O–H groups in total. The van der Waals surface area contributed by atoms with Gasteiger partial charge in [-0.15, -0.1) is 0 Å². The van der Waals surface area contributed by atoms with Crippen LogP contribution in [0.25, 0.3) is 0 Å². The van der Waals surface area contributed by atoms with Gasteiger partial charge in [-0.05, 0) is 87.6 Å². The Kier molecular flexibility index (Phi) is 8.37. The number of halogens is 6. The van der Waals surface area contributed by atoms with Crippen LogP contribution in [0.4, 0.5) is 60.0 Å². The zero-order valence-corrected chi connectivity index (χ0v) is 29.0. The summed E-state index contributed by atoms with van der Waals surface area (Å²) in [4.78, 5) is 37.8. The van der Waals surface area contributed by atoms with Crippen molar-refractivity contribution in [2.75, 3.05) is 45.0 Å². The Hall–Kier alpha value is -4.37. The molecular formula is C37H41F6N9O. The van der Waals surface area contributed by atoms with Crippen LogP contribution in [0.15, 0.2) is 42.9 Å². The van der Waals surface area contributed by atoms with Gasteiger partial charge in [-0.3, -0.25) is 10.2 Å². The molecule has 16 heteroatoms. The number of rotatable bonds is 4. The van der Waals surface area contributed by atoms with Crippen LogP contribution in [-0.2, 0) is 0 Å². The summed E-state index contributed by atoms with van der Waals surface area (Å²) in [5, 5.41) is 6.30. The van der Waals surface area contributed by atoms with E-state index in [1.807, 2.05) is 12.1 Å². The van der Waals surface area contributed by atoms with Gasteiger partial charge in [-0.2, -0.15) is 26.3 Å². The van der Waals surface area contributed by atoms with E-state index in [4.69, 9.17) is 9.97 Å². The van der Waals surface area contributed by atoms with Gasteiger partial charge in [0.2, 0.25) is 0 Å². The van der Waals surface area contributed by atoms with Gasteiger partial charge in [-0.25, -0.2) is 24.7 Å². The summed E-state index contributed by atoms with van der Waals surface area (Å²) in [7, 11) is 0. The first-order chi connectivity index (χ1) is 25.4. The molecule has 0 radical (unpaired) electrons. The van der Waals surface area contributed by atoms with E-state index in [1.54, 1.807) is 23.1 Å². The van der Waals surface area contributed by atoms with Crippen LogP contribution in [0, 0.1) is 17.8 Å². The van der Waals surface area contributed by atoms with E-state index in [2.05, 4.69) is 30.4 Å². The second-order valence-electron chi connectivity index (χ2n) is 15.8. The highest BCUT2D eigenvalue weighted by Crippen LogP contribution is 2.53. The maximum Gasteiger partial charge on any atom is 0.391 e. The largest absolute Gasteiger partial charge is 0.391 e. The Balaban J connectivity index is 1.04. The first-order valence-corrected chi connectivity index (χ1v) is 18.7. The van der Waals surface area contributed by atoms with Gasteiger partial charge in [0.05, 0.1) is 29.3 Å². The summed E-state index contributed by atoms with van der Waals surface area (Å²) in [6.45, 7) is 2.22. The number of hydrogen-bond donors (Lipinski definition) is 2. The number of amides is 2. The number of carbonyl (C=O) groups excluding carboxylic acids is 1. The molecule has 2 saturated carbocycles. The predicted molar refractivity (Wildman–Crippen MR) is 186 cm³/mol. The molecule has 10 nitrogen and oxygen atoms in total. The lowest BCUT2D eigenvalue weighted by Gasteiger charge is -2.42. The van der Waals surface area contributed by atoms with Crippen molar-refractivity contribution in [1.82, 2.24) is 19.9 Å². The summed E-state index contributed by atoms with van der Waals surface area (Å²) in [5.41, 5.74) is 2.74. The number of anilines is 5. The highest BCUT2D eigenvalue weighted by Gasteiger charge is 2.53. The van der Waals surface area contributed by atoms with Crippen molar-refractivity contribution in [3.05, 3.63) is 54.2 Å². The first kappa shape index (κ1) is 34.4. The first-order valence-electron chi connectivity index (χ1n) is 18.7. The Morgan fingerprint density at radius 3 is 2.36 bits per heavy atom. The summed E-state index contributed by atoms with van der Waals surface area (Å²) in [6, 6.07) is 7.99. The van der Waals surface area contributed by atoms with Crippen molar-refractivity contribution in [2.45, 2.75) is 100 Å². The number of carbonyl (C=O) groups is 1. The van der Waals surface area contributed by atoms with Gasteiger partial charge >= 0.3 is 18.4 Å².